The molecule has 0 aromatic heterocycles. The summed E-state index contributed by atoms with van der Waals surface area (Å²) < 4.78 is 11.9. The molecule has 2 rings (SSSR count). The zero-order chi connectivity index (χ0) is 15.2. The first-order valence-corrected chi connectivity index (χ1v) is 7.91. The van der Waals surface area contributed by atoms with Crippen LogP contribution in [0.1, 0.15) is 31.7 Å². The van der Waals surface area contributed by atoms with Gasteiger partial charge in [0.05, 0.1) is 30.7 Å². The molecular weight excluding hydrogens is 338 g/mol. The van der Waals surface area contributed by atoms with Crippen LogP contribution in [0, 0.1) is 0 Å². The highest BCUT2D eigenvalue weighted by Gasteiger charge is 2.23. The molecule has 0 saturated heterocycles. The van der Waals surface area contributed by atoms with Crippen molar-refractivity contribution in [1.29, 1.82) is 0 Å². The van der Waals surface area contributed by atoms with E-state index in [0.717, 1.165) is 18.4 Å². The average molecular weight is 358 g/mol. The van der Waals surface area contributed by atoms with Crippen LogP contribution in [0.5, 0.6) is 11.5 Å². The highest BCUT2D eigenvalue weighted by Crippen LogP contribution is 2.37. The fourth-order valence-corrected chi connectivity index (χ4v) is 2.49. The zero-order valence-corrected chi connectivity index (χ0v) is 13.6. The Labute approximate surface area is 132 Å². The molecule has 2 N–H and O–H groups in total. The summed E-state index contributed by atoms with van der Waals surface area (Å²) in [7, 11) is 0. The van der Waals surface area contributed by atoms with Crippen LogP contribution in [-0.2, 0) is 11.4 Å². The third kappa shape index (κ3) is 4.89. The predicted molar refractivity (Wildman–Crippen MR) is 82.5 cm³/mol. The number of rotatable bonds is 8. The van der Waals surface area contributed by atoms with Gasteiger partial charge >= 0.3 is 0 Å². The summed E-state index contributed by atoms with van der Waals surface area (Å²) in [5.41, 5.74) is 0.740. The number of amides is 1. The third-order valence-electron chi connectivity index (χ3n) is 3.07. The van der Waals surface area contributed by atoms with Crippen molar-refractivity contribution in [3.8, 4) is 11.5 Å². The van der Waals surface area contributed by atoms with Crippen LogP contribution in [0.2, 0.25) is 0 Å². The van der Waals surface area contributed by atoms with Crippen LogP contribution >= 0.6 is 15.9 Å². The van der Waals surface area contributed by atoms with Crippen molar-refractivity contribution >= 4 is 21.8 Å². The Balaban J connectivity index is 1.95. The molecule has 1 aliphatic rings. The third-order valence-corrected chi connectivity index (χ3v) is 3.66. The van der Waals surface area contributed by atoms with Crippen LogP contribution < -0.4 is 14.8 Å². The Morgan fingerprint density at radius 3 is 2.81 bits per heavy atom. The summed E-state index contributed by atoms with van der Waals surface area (Å²) in [6, 6.07) is 3.89. The summed E-state index contributed by atoms with van der Waals surface area (Å²) in [5.74, 6) is 1.14. The molecule has 0 radical (unpaired) electrons. The number of hydrogen-bond donors (Lipinski definition) is 2. The molecule has 116 valence electrons. The maximum absolute atomic E-state index is 11.6. The molecule has 1 aliphatic carbocycles. The summed E-state index contributed by atoms with van der Waals surface area (Å²) in [6.45, 7) is 2.60. The largest absolute Gasteiger partial charge is 0.490 e. The number of aliphatic hydroxyl groups excluding tert-OH is 1. The second-order valence-corrected chi connectivity index (χ2v) is 5.79. The fourth-order valence-electron chi connectivity index (χ4n) is 1.89. The number of carbonyl (C=O) groups excluding carboxylic acids is 1. The summed E-state index contributed by atoms with van der Waals surface area (Å²) in [4.78, 5) is 11.6. The number of halogens is 1. The lowest BCUT2D eigenvalue weighted by atomic mass is 10.2. The van der Waals surface area contributed by atoms with Crippen molar-refractivity contribution in [2.75, 3.05) is 13.2 Å². The van der Waals surface area contributed by atoms with E-state index in [0.29, 0.717) is 35.0 Å². The number of nitrogens with one attached hydrogen (secondary N) is 1. The van der Waals surface area contributed by atoms with Crippen molar-refractivity contribution in [1.82, 2.24) is 5.32 Å². The van der Waals surface area contributed by atoms with E-state index in [-0.39, 0.29) is 19.1 Å². The van der Waals surface area contributed by atoms with E-state index in [9.17, 15) is 9.90 Å². The first kappa shape index (κ1) is 16.1. The maximum atomic E-state index is 11.6. The minimum absolute atomic E-state index is 0.0126. The summed E-state index contributed by atoms with van der Waals surface area (Å²) in [5, 5.41) is 12.1. The van der Waals surface area contributed by atoms with E-state index in [1.54, 1.807) is 12.1 Å². The topological polar surface area (TPSA) is 67.8 Å². The molecule has 0 bridgehead atoms. The van der Waals surface area contributed by atoms with Crippen LogP contribution in [0.25, 0.3) is 0 Å². The molecule has 1 fully saturated rings. The maximum Gasteiger partial charge on any atom is 0.223 e. The Kier molecular flexibility index (Phi) is 5.87. The zero-order valence-electron chi connectivity index (χ0n) is 12.0. The quantitative estimate of drug-likeness (QED) is 0.749. The van der Waals surface area contributed by atoms with Crippen molar-refractivity contribution in [3.63, 3.8) is 0 Å². The molecular formula is C15H20BrNO4. The van der Waals surface area contributed by atoms with Crippen LogP contribution in [0.3, 0.4) is 0 Å². The molecule has 21 heavy (non-hydrogen) atoms. The molecule has 1 saturated carbocycles. The highest BCUT2D eigenvalue weighted by molar-refractivity contribution is 9.10. The van der Waals surface area contributed by atoms with E-state index in [1.165, 1.54) is 0 Å². The normalized spacial score (nSPS) is 13.9. The lowest BCUT2D eigenvalue weighted by molar-refractivity contribution is -0.121. The van der Waals surface area contributed by atoms with Gasteiger partial charge in [0.2, 0.25) is 5.91 Å². The van der Waals surface area contributed by atoms with Gasteiger partial charge in [-0.25, -0.2) is 0 Å². The van der Waals surface area contributed by atoms with Crippen molar-refractivity contribution in [3.05, 3.63) is 22.2 Å². The molecule has 0 heterocycles. The Morgan fingerprint density at radius 1 is 1.43 bits per heavy atom. The fraction of sp³-hybridized carbons (Fsp3) is 0.533. The number of ether oxygens (including phenoxy) is 2. The minimum atomic E-state index is -0.0667. The van der Waals surface area contributed by atoms with E-state index in [2.05, 4.69) is 21.2 Å². The highest BCUT2D eigenvalue weighted by atomic mass is 79.9. The van der Waals surface area contributed by atoms with Crippen molar-refractivity contribution < 1.29 is 19.4 Å². The minimum Gasteiger partial charge on any atom is -0.490 e. The second kappa shape index (κ2) is 7.66. The number of carbonyl (C=O) groups is 1. The first-order chi connectivity index (χ1) is 10.1. The molecule has 1 amide bonds. The molecule has 5 nitrogen and oxygen atoms in total. The smallest absolute Gasteiger partial charge is 0.223 e. The first-order valence-electron chi connectivity index (χ1n) is 7.12. The number of benzene rings is 1. The monoisotopic (exact) mass is 357 g/mol. The second-order valence-electron chi connectivity index (χ2n) is 4.94. The molecule has 6 heteroatoms. The van der Waals surface area contributed by atoms with Crippen LogP contribution in [0.15, 0.2) is 16.6 Å². The molecule has 0 atom stereocenters. The van der Waals surface area contributed by atoms with Gasteiger partial charge in [-0.15, -0.1) is 0 Å². The standard InChI is InChI=1S/C15H20BrNO4/c1-2-20-13-8-10(9-18)7-12(16)15(13)21-6-5-14(19)17-11-3-4-11/h7-8,11,18H,2-6,9H2,1H3,(H,17,19). The van der Waals surface area contributed by atoms with E-state index in [1.807, 2.05) is 6.92 Å². The predicted octanol–water partition coefficient (Wildman–Crippen LogP) is 2.39. The molecule has 1 aromatic carbocycles. The van der Waals surface area contributed by atoms with Gasteiger partial charge in [0.15, 0.2) is 11.5 Å². The van der Waals surface area contributed by atoms with Gasteiger partial charge in [-0.1, -0.05) is 0 Å². The van der Waals surface area contributed by atoms with Gasteiger partial charge < -0.3 is 19.9 Å². The van der Waals surface area contributed by atoms with Gasteiger partial charge in [-0.2, -0.15) is 0 Å². The Hall–Kier alpha value is -1.27. The lowest BCUT2D eigenvalue weighted by Crippen LogP contribution is -2.26. The molecule has 0 spiro atoms. The van der Waals surface area contributed by atoms with Gasteiger partial charge in [-0.05, 0) is 53.4 Å². The van der Waals surface area contributed by atoms with Crippen LogP contribution in [-0.4, -0.2) is 30.3 Å². The number of hydrogen-bond acceptors (Lipinski definition) is 4. The molecule has 0 unspecified atom stereocenters. The SMILES string of the molecule is CCOc1cc(CO)cc(Br)c1OCCC(=O)NC1CC1. The number of aliphatic hydroxyl groups is 1. The molecule has 0 aliphatic heterocycles. The Bertz CT molecular complexity index is 503. The lowest BCUT2D eigenvalue weighted by Gasteiger charge is -2.15. The summed E-state index contributed by atoms with van der Waals surface area (Å²) >= 11 is 3.41. The van der Waals surface area contributed by atoms with Gasteiger partial charge in [-0.3, -0.25) is 4.79 Å². The van der Waals surface area contributed by atoms with Crippen molar-refractivity contribution in [2.24, 2.45) is 0 Å². The van der Waals surface area contributed by atoms with Gasteiger partial charge in [0, 0.05) is 6.04 Å². The van der Waals surface area contributed by atoms with Crippen molar-refractivity contribution in [2.45, 2.75) is 38.8 Å². The van der Waals surface area contributed by atoms with E-state index >= 15 is 0 Å². The summed E-state index contributed by atoms with van der Waals surface area (Å²) in [6.07, 6.45) is 2.47. The van der Waals surface area contributed by atoms with E-state index < -0.39 is 0 Å². The van der Waals surface area contributed by atoms with E-state index in [4.69, 9.17) is 9.47 Å². The Morgan fingerprint density at radius 2 is 2.19 bits per heavy atom. The average Bonchev–Trinajstić information content (AvgIpc) is 3.25. The van der Waals surface area contributed by atoms with Crippen LogP contribution in [0.4, 0.5) is 0 Å². The van der Waals surface area contributed by atoms with Gasteiger partial charge in [0.1, 0.15) is 0 Å². The molecule has 1 aromatic rings. The van der Waals surface area contributed by atoms with Gasteiger partial charge in [0.25, 0.3) is 0 Å².